The minimum Gasteiger partial charge on any atom is -0.394 e. The van der Waals surface area contributed by atoms with Crippen molar-refractivity contribution in [3.05, 3.63) is 66.2 Å². The topological polar surface area (TPSA) is 267 Å². The van der Waals surface area contributed by atoms with Crippen molar-refractivity contribution >= 4 is 5.78 Å². The molecule has 0 aromatic carbocycles. The summed E-state index contributed by atoms with van der Waals surface area (Å²) in [5.41, 5.74) is -5.17. The number of nitrogens with zero attached hydrogens (tertiary/aromatic N) is 2. The molecule has 2 saturated heterocycles. The van der Waals surface area contributed by atoms with Crippen molar-refractivity contribution in [1.82, 2.24) is 19.1 Å². The van der Waals surface area contributed by atoms with E-state index in [0.29, 0.717) is 4.57 Å². The number of carbonyl (C=O) groups is 1. The zero-order valence-corrected chi connectivity index (χ0v) is 19.2. The zero-order valence-electron chi connectivity index (χ0n) is 19.2. The molecule has 0 unspecified atom stereocenters. The maximum absolute atomic E-state index is 11.9. The quantitative estimate of drug-likeness (QED) is 0.179. The van der Waals surface area contributed by atoms with E-state index in [1.54, 1.807) is 0 Å². The number of H-pyrrole nitrogens is 2. The first-order valence-corrected chi connectivity index (χ1v) is 10.8. The molecule has 0 spiro atoms. The van der Waals surface area contributed by atoms with Gasteiger partial charge in [-0.15, -0.1) is 0 Å². The molecule has 0 radical (unpaired) electrons. The first kappa shape index (κ1) is 28.3. The summed E-state index contributed by atoms with van der Waals surface area (Å²) in [5.74, 6) is -0.755. The monoisotopic (exact) mass is 530 g/mol. The summed E-state index contributed by atoms with van der Waals surface area (Å²) in [6.07, 6.45) is -7.14. The fraction of sp³-hybridized carbons (Fsp3) is 0.550. The van der Waals surface area contributed by atoms with Gasteiger partial charge in [0.05, 0.1) is 13.2 Å². The van der Waals surface area contributed by atoms with Crippen LogP contribution in [0.3, 0.4) is 0 Å². The maximum atomic E-state index is 11.9. The Morgan fingerprint density at radius 2 is 1.46 bits per heavy atom. The molecule has 4 rings (SSSR count). The lowest BCUT2D eigenvalue weighted by atomic mass is 9.99. The first-order valence-electron chi connectivity index (χ1n) is 10.8. The average Bonchev–Trinajstić information content (AvgIpc) is 3.27. The van der Waals surface area contributed by atoms with Crippen LogP contribution in [0, 0.1) is 0 Å². The lowest BCUT2D eigenvalue weighted by Crippen LogP contribution is -2.55. The first-order chi connectivity index (χ1) is 17.4. The Labute approximate surface area is 205 Å². The van der Waals surface area contributed by atoms with Crippen LogP contribution in [0.15, 0.2) is 43.7 Å². The summed E-state index contributed by atoms with van der Waals surface area (Å²) in [7, 11) is 0. The van der Waals surface area contributed by atoms with Crippen molar-refractivity contribution in [3.8, 4) is 0 Å². The van der Waals surface area contributed by atoms with Crippen LogP contribution in [-0.4, -0.2) is 105 Å². The second-order valence-electron chi connectivity index (χ2n) is 8.25. The number of aliphatic hydroxyl groups is 6. The Morgan fingerprint density at radius 1 is 0.892 bits per heavy atom. The number of aromatic amines is 2. The molecule has 0 saturated carbocycles. The number of Topliss-reactive ketones (excluding diaryl/α,β-unsaturated/α-hetero) is 1. The summed E-state index contributed by atoms with van der Waals surface area (Å²) in [6.45, 7) is -0.0641. The Balaban J connectivity index is 0.000000208. The highest BCUT2D eigenvalue weighted by Crippen LogP contribution is 2.35. The number of rotatable bonds is 5. The summed E-state index contributed by atoms with van der Waals surface area (Å²) < 4.78 is 12.0. The maximum Gasteiger partial charge on any atom is 0.331 e. The van der Waals surface area contributed by atoms with E-state index in [1.165, 1.54) is 0 Å². The van der Waals surface area contributed by atoms with Gasteiger partial charge in [-0.1, -0.05) is 0 Å². The second kappa shape index (κ2) is 11.0. The lowest BCUT2D eigenvalue weighted by molar-refractivity contribution is -0.173. The van der Waals surface area contributed by atoms with Crippen molar-refractivity contribution in [2.45, 2.75) is 55.5 Å². The predicted octanol–water partition coefficient (Wildman–Crippen LogP) is -5.96. The Morgan fingerprint density at radius 3 is 1.92 bits per heavy atom. The highest BCUT2D eigenvalue weighted by Gasteiger charge is 2.59. The van der Waals surface area contributed by atoms with Crippen molar-refractivity contribution in [2.75, 3.05) is 13.2 Å². The third kappa shape index (κ3) is 5.11. The van der Waals surface area contributed by atoms with Gasteiger partial charge in [-0.3, -0.25) is 33.5 Å². The van der Waals surface area contributed by atoms with E-state index < -0.39 is 90.1 Å². The third-order valence-corrected chi connectivity index (χ3v) is 5.95. The number of aromatic nitrogens is 4. The molecule has 2 aromatic rings. The van der Waals surface area contributed by atoms with E-state index in [1.807, 2.05) is 9.97 Å². The molecular formula is C20H26N4O13. The molecule has 2 fully saturated rings. The molecule has 204 valence electrons. The van der Waals surface area contributed by atoms with E-state index in [-0.39, 0.29) is 0 Å². The molecule has 17 heteroatoms. The molecule has 0 aliphatic carbocycles. The number of ketones is 1. The molecule has 2 aliphatic rings. The van der Waals surface area contributed by atoms with Gasteiger partial charge in [-0.2, -0.15) is 0 Å². The van der Waals surface area contributed by atoms with Crippen LogP contribution in [0.1, 0.15) is 13.2 Å². The number of ether oxygens (including phenoxy) is 2. The van der Waals surface area contributed by atoms with Crippen LogP contribution < -0.4 is 22.5 Å². The fourth-order valence-corrected chi connectivity index (χ4v) is 4.03. The van der Waals surface area contributed by atoms with Crippen LogP contribution in [0.2, 0.25) is 0 Å². The van der Waals surface area contributed by atoms with Crippen molar-refractivity contribution in [1.29, 1.82) is 0 Å². The Hall–Kier alpha value is -3.29. The van der Waals surface area contributed by atoms with Gasteiger partial charge in [0.2, 0.25) is 5.72 Å². The molecule has 8 atom stereocenters. The summed E-state index contributed by atoms with van der Waals surface area (Å²) in [6, 6.07) is 2.07. The predicted molar refractivity (Wildman–Crippen MR) is 118 cm³/mol. The van der Waals surface area contributed by atoms with E-state index in [4.69, 9.17) is 19.7 Å². The van der Waals surface area contributed by atoms with Crippen LogP contribution >= 0.6 is 0 Å². The van der Waals surface area contributed by atoms with Crippen LogP contribution in [0.4, 0.5) is 0 Å². The van der Waals surface area contributed by atoms with Crippen molar-refractivity contribution in [3.63, 3.8) is 0 Å². The summed E-state index contributed by atoms with van der Waals surface area (Å²) >= 11 is 0. The molecule has 0 bridgehead atoms. The lowest BCUT2D eigenvalue weighted by Gasteiger charge is -2.30. The number of hydrogen-bond donors (Lipinski definition) is 8. The normalized spacial score (nSPS) is 33.1. The van der Waals surface area contributed by atoms with Crippen molar-refractivity contribution in [2.24, 2.45) is 0 Å². The summed E-state index contributed by atoms with van der Waals surface area (Å²) in [5, 5.41) is 57.0. The SMILES string of the molecule is CC(=O)[C@@]1(n2ccc(=O)[nH]c2=O)O[C@H](CO)[C@@H](O)[C@H]1O.O=c1ccn([C@@H]2O[C@H](CO)[C@@H](O)[C@H]2O)c(=O)[nH]1. The smallest absolute Gasteiger partial charge is 0.331 e. The number of nitrogens with one attached hydrogen (secondary N) is 2. The van der Waals surface area contributed by atoms with Gasteiger partial charge in [0.25, 0.3) is 11.1 Å². The summed E-state index contributed by atoms with van der Waals surface area (Å²) in [4.78, 5) is 61.0. The number of aliphatic hydroxyl groups excluding tert-OH is 6. The molecular weight excluding hydrogens is 504 g/mol. The molecule has 4 heterocycles. The van der Waals surface area contributed by atoms with E-state index in [2.05, 4.69) is 0 Å². The van der Waals surface area contributed by atoms with Gasteiger partial charge < -0.3 is 40.1 Å². The van der Waals surface area contributed by atoms with Gasteiger partial charge >= 0.3 is 11.4 Å². The molecule has 37 heavy (non-hydrogen) atoms. The molecule has 2 aromatic heterocycles. The molecule has 8 N–H and O–H groups in total. The fourth-order valence-electron chi connectivity index (χ4n) is 4.03. The van der Waals surface area contributed by atoms with Crippen LogP contribution in [0.25, 0.3) is 0 Å². The molecule has 2 aliphatic heterocycles. The Kier molecular flexibility index (Phi) is 8.40. The minimum absolute atomic E-state index is 0.479. The van der Waals surface area contributed by atoms with Crippen LogP contribution in [-0.2, 0) is 20.0 Å². The molecule has 17 nitrogen and oxygen atoms in total. The van der Waals surface area contributed by atoms with Crippen molar-refractivity contribution < 1.29 is 44.9 Å². The van der Waals surface area contributed by atoms with Gasteiger partial charge in [0.1, 0.15) is 36.6 Å². The van der Waals surface area contributed by atoms with E-state index >= 15 is 0 Å². The number of carbonyl (C=O) groups excluding carboxylic acids is 1. The van der Waals surface area contributed by atoms with Gasteiger partial charge in [-0.05, 0) is 6.92 Å². The second-order valence-corrected chi connectivity index (χ2v) is 8.25. The highest BCUT2D eigenvalue weighted by atomic mass is 16.6. The zero-order chi connectivity index (χ0) is 27.7. The highest BCUT2D eigenvalue weighted by molar-refractivity contribution is 5.84. The number of hydrogen-bond acceptors (Lipinski definition) is 13. The average molecular weight is 530 g/mol. The van der Waals surface area contributed by atoms with Gasteiger partial charge in [0.15, 0.2) is 12.0 Å². The van der Waals surface area contributed by atoms with Gasteiger partial charge in [0, 0.05) is 24.5 Å². The Bertz CT molecular complexity index is 1350. The third-order valence-electron chi connectivity index (χ3n) is 5.95. The van der Waals surface area contributed by atoms with Gasteiger partial charge in [-0.25, -0.2) is 9.59 Å². The minimum atomic E-state index is -2.19. The largest absolute Gasteiger partial charge is 0.394 e. The standard InChI is InChI=1S/C11H14N2O7.C9H12N2O6/c1-5(15)11(9(18)8(17)6(4-14)20-11)13-3-2-7(16)12-10(13)19;12-3-4-6(14)7(15)8(17-4)11-2-1-5(13)10-9(11)16/h2-3,6,8-9,14,17-18H,4H2,1H3,(H,12,16,19);1-2,4,6-8,12,14-15H,3H2,(H,10,13,16)/t6-,8-,9-,11-;4-,6-,7-,8-/m11/s1. The van der Waals surface area contributed by atoms with E-state index in [9.17, 15) is 44.4 Å². The molecule has 0 amide bonds. The van der Waals surface area contributed by atoms with Crippen LogP contribution in [0.5, 0.6) is 0 Å². The van der Waals surface area contributed by atoms with E-state index in [0.717, 1.165) is 36.0 Å².